The number of fused-ring (bicyclic) bond motifs is 1. The molecule has 0 saturated carbocycles. The van der Waals surface area contributed by atoms with Crippen molar-refractivity contribution in [2.75, 3.05) is 11.9 Å². The predicted octanol–water partition coefficient (Wildman–Crippen LogP) is 2.86. The second kappa shape index (κ2) is 11.6. The number of nitrogens with one attached hydrogen (secondary N) is 2. The number of primary amides is 1. The molecular formula is C24H34N4O4. The van der Waals surface area contributed by atoms with Gasteiger partial charge in [0, 0.05) is 42.7 Å². The van der Waals surface area contributed by atoms with E-state index in [0.29, 0.717) is 24.9 Å². The Kier molecular flexibility index (Phi) is 8.64. The number of hydrogen-bond acceptors (Lipinski definition) is 5. The van der Waals surface area contributed by atoms with Gasteiger partial charge >= 0.3 is 0 Å². The number of amides is 4. The zero-order valence-electron chi connectivity index (χ0n) is 18.7. The first kappa shape index (κ1) is 23.8. The summed E-state index contributed by atoms with van der Waals surface area (Å²) in [6.07, 6.45) is 10.0. The number of imide groups is 1. The topological polar surface area (TPSA) is 122 Å². The van der Waals surface area contributed by atoms with Gasteiger partial charge < -0.3 is 16.0 Å². The maximum Gasteiger partial charge on any atom is 0.255 e. The Morgan fingerprint density at radius 1 is 1.03 bits per heavy atom. The van der Waals surface area contributed by atoms with Gasteiger partial charge in [0.2, 0.25) is 17.7 Å². The minimum absolute atomic E-state index is 0.144. The SMILES string of the molecule is NC(=O)CCCCCCCCCCNc1cccc2c1CN(C1CCC(=O)NC1=O)C2=O. The van der Waals surface area contributed by atoms with Crippen molar-refractivity contribution in [2.24, 2.45) is 5.73 Å². The van der Waals surface area contributed by atoms with E-state index in [1.807, 2.05) is 12.1 Å². The standard InChI is InChI=1S/C24H34N4O4/c25-21(29)12-7-5-3-1-2-4-6-8-15-26-19-11-9-10-17-18(19)16-28(24(17)32)20-13-14-22(30)27-23(20)31/h9-11,20,26H,1-8,12-16H2,(H2,25,29)(H,27,30,31). The Labute approximate surface area is 189 Å². The number of carbonyl (C=O) groups is 4. The number of piperidine rings is 1. The molecule has 1 unspecified atom stereocenters. The number of unbranched alkanes of at least 4 members (excludes halogenated alkanes) is 7. The second-order valence-electron chi connectivity index (χ2n) is 8.70. The highest BCUT2D eigenvalue weighted by Crippen LogP contribution is 2.32. The lowest BCUT2D eigenvalue weighted by Gasteiger charge is -2.29. The molecule has 32 heavy (non-hydrogen) atoms. The van der Waals surface area contributed by atoms with Crippen LogP contribution in [0.2, 0.25) is 0 Å². The molecular weight excluding hydrogens is 408 g/mol. The smallest absolute Gasteiger partial charge is 0.255 e. The molecule has 3 rings (SSSR count). The summed E-state index contributed by atoms with van der Waals surface area (Å²) < 4.78 is 0. The summed E-state index contributed by atoms with van der Waals surface area (Å²) in [6.45, 7) is 1.22. The zero-order valence-corrected chi connectivity index (χ0v) is 18.7. The molecule has 0 bridgehead atoms. The Balaban J connectivity index is 1.38. The third kappa shape index (κ3) is 6.31. The fourth-order valence-electron chi connectivity index (χ4n) is 4.46. The van der Waals surface area contributed by atoms with Crippen molar-refractivity contribution < 1.29 is 19.2 Å². The summed E-state index contributed by atoms with van der Waals surface area (Å²) in [5.41, 5.74) is 7.65. The van der Waals surface area contributed by atoms with E-state index in [4.69, 9.17) is 5.73 Å². The lowest BCUT2D eigenvalue weighted by atomic mass is 10.0. The van der Waals surface area contributed by atoms with Crippen LogP contribution in [0.15, 0.2) is 18.2 Å². The van der Waals surface area contributed by atoms with Crippen molar-refractivity contribution in [2.45, 2.75) is 83.2 Å². The molecule has 1 saturated heterocycles. The monoisotopic (exact) mass is 442 g/mol. The molecule has 1 atom stereocenters. The molecule has 0 aromatic heterocycles. The highest BCUT2D eigenvalue weighted by molar-refractivity contribution is 6.06. The second-order valence-corrected chi connectivity index (χ2v) is 8.70. The summed E-state index contributed by atoms with van der Waals surface area (Å²) in [5, 5.41) is 5.80. The zero-order chi connectivity index (χ0) is 22.9. The largest absolute Gasteiger partial charge is 0.385 e. The van der Waals surface area contributed by atoms with Crippen LogP contribution in [0.5, 0.6) is 0 Å². The lowest BCUT2D eigenvalue weighted by Crippen LogP contribution is -2.52. The van der Waals surface area contributed by atoms with Crippen LogP contribution < -0.4 is 16.4 Å². The number of rotatable bonds is 13. The maximum atomic E-state index is 12.9. The Hall–Kier alpha value is -2.90. The first-order valence-electron chi connectivity index (χ1n) is 11.8. The van der Waals surface area contributed by atoms with Gasteiger partial charge in [0.15, 0.2) is 0 Å². The van der Waals surface area contributed by atoms with Crippen LogP contribution in [-0.4, -0.2) is 41.1 Å². The summed E-state index contributed by atoms with van der Waals surface area (Å²) in [4.78, 5) is 48.8. The van der Waals surface area contributed by atoms with E-state index < -0.39 is 6.04 Å². The molecule has 174 valence electrons. The van der Waals surface area contributed by atoms with Gasteiger partial charge in [-0.25, -0.2) is 0 Å². The third-order valence-corrected chi connectivity index (χ3v) is 6.25. The number of carbonyl (C=O) groups excluding carboxylic acids is 4. The first-order chi connectivity index (χ1) is 15.5. The number of benzene rings is 1. The molecule has 4 N–H and O–H groups in total. The minimum Gasteiger partial charge on any atom is -0.385 e. The van der Waals surface area contributed by atoms with Crippen LogP contribution >= 0.6 is 0 Å². The molecule has 2 aliphatic heterocycles. The van der Waals surface area contributed by atoms with Gasteiger partial charge in [-0.3, -0.25) is 24.5 Å². The van der Waals surface area contributed by atoms with Gasteiger partial charge in [0.05, 0.1) is 0 Å². The van der Waals surface area contributed by atoms with Crippen LogP contribution in [0.3, 0.4) is 0 Å². The van der Waals surface area contributed by atoms with Crippen LogP contribution in [0, 0.1) is 0 Å². The fraction of sp³-hybridized carbons (Fsp3) is 0.583. The molecule has 1 aromatic rings. The fourth-order valence-corrected chi connectivity index (χ4v) is 4.46. The summed E-state index contributed by atoms with van der Waals surface area (Å²) >= 11 is 0. The molecule has 8 heteroatoms. The van der Waals surface area contributed by atoms with E-state index in [2.05, 4.69) is 10.6 Å². The highest BCUT2D eigenvalue weighted by Gasteiger charge is 2.39. The number of anilines is 1. The van der Waals surface area contributed by atoms with E-state index in [1.54, 1.807) is 11.0 Å². The lowest BCUT2D eigenvalue weighted by molar-refractivity contribution is -0.137. The summed E-state index contributed by atoms with van der Waals surface area (Å²) in [5.74, 6) is -1.02. The van der Waals surface area contributed by atoms with Gasteiger partial charge in [0.1, 0.15) is 6.04 Å². The van der Waals surface area contributed by atoms with Crippen LogP contribution in [0.25, 0.3) is 0 Å². The Morgan fingerprint density at radius 3 is 2.41 bits per heavy atom. The molecule has 2 aliphatic rings. The van der Waals surface area contributed by atoms with Gasteiger partial charge in [-0.05, 0) is 31.4 Å². The average Bonchev–Trinajstić information content (AvgIpc) is 3.09. The predicted molar refractivity (Wildman–Crippen MR) is 122 cm³/mol. The minimum atomic E-state index is -0.587. The van der Waals surface area contributed by atoms with Crippen molar-refractivity contribution in [3.8, 4) is 0 Å². The van der Waals surface area contributed by atoms with E-state index in [0.717, 1.165) is 49.9 Å². The van der Waals surface area contributed by atoms with E-state index in [-0.39, 0.29) is 30.0 Å². The van der Waals surface area contributed by atoms with Crippen LogP contribution in [-0.2, 0) is 20.9 Å². The molecule has 0 aliphatic carbocycles. The van der Waals surface area contributed by atoms with Gasteiger partial charge in [-0.2, -0.15) is 0 Å². The van der Waals surface area contributed by atoms with E-state index in [9.17, 15) is 19.2 Å². The van der Waals surface area contributed by atoms with Gasteiger partial charge in [0.25, 0.3) is 5.91 Å². The van der Waals surface area contributed by atoms with Crippen molar-refractivity contribution in [3.63, 3.8) is 0 Å². The van der Waals surface area contributed by atoms with Crippen molar-refractivity contribution in [1.29, 1.82) is 0 Å². The Morgan fingerprint density at radius 2 is 1.72 bits per heavy atom. The van der Waals surface area contributed by atoms with Crippen molar-refractivity contribution in [3.05, 3.63) is 29.3 Å². The van der Waals surface area contributed by atoms with Gasteiger partial charge in [-0.1, -0.05) is 44.6 Å². The summed E-state index contributed by atoms with van der Waals surface area (Å²) in [6, 6.07) is 5.06. The Bertz CT molecular complexity index is 854. The van der Waals surface area contributed by atoms with E-state index >= 15 is 0 Å². The average molecular weight is 443 g/mol. The number of hydrogen-bond donors (Lipinski definition) is 3. The molecule has 0 spiro atoms. The molecule has 8 nitrogen and oxygen atoms in total. The normalized spacial score (nSPS) is 17.9. The quantitative estimate of drug-likeness (QED) is 0.320. The van der Waals surface area contributed by atoms with Gasteiger partial charge in [-0.15, -0.1) is 0 Å². The molecule has 2 heterocycles. The molecule has 4 amide bonds. The number of nitrogens with zero attached hydrogens (tertiary/aromatic N) is 1. The van der Waals surface area contributed by atoms with Crippen molar-refractivity contribution in [1.82, 2.24) is 10.2 Å². The maximum absolute atomic E-state index is 12.9. The number of nitrogens with two attached hydrogens (primary N) is 1. The van der Waals surface area contributed by atoms with Crippen LogP contribution in [0.4, 0.5) is 5.69 Å². The molecule has 1 fully saturated rings. The molecule has 1 aromatic carbocycles. The molecule has 0 radical (unpaired) electrons. The summed E-state index contributed by atoms with van der Waals surface area (Å²) in [7, 11) is 0. The van der Waals surface area contributed by atoms with Crippen LogP contribution in [0.1, 0.15) is 86.6 Å². The first-order valence-corrected chi connectivity index (χ1v) is 11.8. The highest BCUT2D eigenvalue weighted by atomic mass is 16.2. The van der Waals surface area contributed by atoms with Crippen molar-refractivity contribution >= 4 is 29.3 Å². The third-order valence-electron chi connectivity index (χ3n) is 6.25. The van der Waals surface area contributed by atoms with E-state index in [1.165, 1.54) is 19.3 Å².